The van der Waals surface area contributed by atoms with Crippen LogP contribution in [0.25, 0.3) is 0 Å². The number of rotatable bonds is 8. The van der Waals surface area contributed by atoms with Crippen LogP contribution < -0.4 is 10.6 Å². The van der Waals surface area contributed by atoms with Crippen molar-refractivity contribution < 1.29 is 9.53 Å². The first-order valence-corrected chi connectivity index (χ1v) is 12.1. The topological polar surface area (TPSA) is 81.1 Å². The van der Waals surface area contributed by atoms with Crippen LogP contribution in [-0.2, 0) is 17.7 Å². The van der Waals surface area contributed by atoms with E-state index in [4.69, 9.17) is 17.0 Å². The number of aromatic nitrogens is 3. The quantitative estimate of drug-likeness (QED) is 0.257. The Morgan fingerprint density at radius 1 is 1.09 bits per heavy atom. The number of carbonyl (C=O) groups excluding carboxylic acids is 1. The van der Waals surface area contributed by atoms with Crippen molar-refractivity contribution in [1.29, 1.82) is 0 Å². The Kier molecular flexibility index (Phi) is 7.66. The summed E-state index contributed by atoms with van der Waals surface area (Å²) in [6, 6.07) is 20.2. The maximum Gasteiger partial charge on any atom is 0.341 e. The van der Waals surface area contributed by atoms with Crippen LogP contribution in [0.4, 0.5) is 10.9 Å². The van der Waals surface area contributed by atoms with Gasteiger partial charge in [-0.15, -0.1) is 16.4 Å². The van der Waals surface area contributed by atoms with Crippen LogP contribution in [0.5, 0.6) is 0 Å². The number of esters is 1. The summed E-state index contributed by atoms with van der Waals surface area (Å²) in [7, 11) is 0. The minimum atomic E-state index is -0.385. The molecule has 34 heavy (non-hydrogen) atoms. The predicted octanol–water partition coefficient (Wildman–Crippen LogP) is 5.27. The number of aryl methyl sites for hydroxylation is 1. The number of hydrogen-bond donors (Lipinski definition) is 2. The number of benzene rings is 2. The summed E-state index contributed by atoms with van der Waals surface area (Å²) < 4.78 is 6.97. The van der Waals surface area contributed by atoms with Gasteiger partial charge >= 0.3 is 5.97 Å². The Labute approximate surface area is 207 Å². The summed E-state index contributed by atoms with van der Waals surface area (Å²) >= 11 is 6.93. The highest BCUT2D eigenvalue weighted by Crippen LogP contribution is 2.31. The molecule has 2 heterocycles. The van der Waals surface area contributed by atoms with Gasteiger partial charge < -0.3 is 10.1 Å². The zero-order chi connectivity index (χ0) is 23.9. The molecule has 0 saturated carbocycles. The first kappa shape index (κ1) is 23.6. The average Bonchev–Trinajstić information content (AvgIpc) is 3.42. The molecule has 0 aliphatic carbocycles. The average molecular weight is 492 g/mol. The molecule has 0 atom stereocenters. The molecule has 4 rings (SSSR count). The Balaban J connectivity index is 1.43. The van der Waals surface area contributed by atoms with Crippen molar-refractivity contribution in [3.05, 3.63) is 94.1 Å². The number of nitrogens with zero attached hydrogens (tertiary/aromatic N) is 3. The van der Waals surface area contributed by atoms with Gasteiger partial charge in [0.15, 0.2) is 5.11 Å². The number of anilines is 2. The van der Waals surface area contributed by atoms with Gasteiger partial charge in [0.25, 0.3) is 0 Å². The van der Waals surface area contributed by atoms with Crippen LogP contribution in [0.2, 0.25) is 0 Å². The highest BCUT2D eigenvalue weighted by molar-refractivity contribution is 7.80. The summed E-state index contributed by atoms with van der Waals surface area (Å²) in [6.45, 7) is 4.75. The molecule has 7 nitrogen and oxygen atoms in total. The van der Waals surface area contributed by atoms with Crippen molar-refractivity contribution in [3.8, 4) is 0 Å². The molecule has 0 fully saturated rings. The van der Waals surface area contributed by atoms with Gasteiger partial charge in [-0.3, -0.25) is 5.32 Å². The van der Waals surface area contributed by atoms with Crippen LogP contribution in [0.1, 0.15) is 38.8 Å². The molecule has 9 heteroatoms. The van der Waals surface area contributed by atoms with E-state index in [2.05, 4.69) is 64.0 Å². The third-order valence-corrected chi connectivity index (χ3v) is 6.21. The van der Waals surface area contributed by atoms with Crippen LogP contribution in [0.3, 0.4) is 0 Å². The van der Waals surface area contributed by atoms with Crippen molar-refractivity contribution in [1.82, 2.24) is 14.8 Å². The van der Waals surface area contributed by atoms with Gasteiger partial charge in [0.1, 0.15) is 11.3 Å². The molecule has 0 saturated heterocycles. The molecule has 4 aromatic rings. The van der Waals surface area contributed by atoms with Gasteiger partial charge in [-0.05, 0) is 43.3 Å². The Bertz CT molecular complexity index is 1270. The minimum absolute atomic E-state index is 0.298. The maximum absolute atomic E-state index is 12.5. The fourth-order valence-electron chi connectivity index (χ4n) is 3.32. The first-order valence-electron chi connectivity index (χ1n) is 10.9. The summed E-state index contributed by atoms with van der Waals surface area (Å²) in [6.07, 6.45) is 2.36. The second kappa shape index (κ2) is 11.0. The highest BCUT2D eigenvalue weighted by atomic mass is 32.1. The molecular weight excluding hydrogens is 466 g/mol. The van der Waals surface area contributed by atoms with E-state index in [-0.39, 0.29) is 5.97 Å². The van der Waals surface area contributed by atoms with E-state index in [9.17, 15) is 4.79 Å². The SMILES string of the molecule is CCOC(=O)c1cc(Cc2ccccc2)sc1NC(=S)Nc1ncn(Cc2ccc(C)cc2)n1. The summed E-state index contributed by atoms with van der Waals surface area (Å²) in [5, 5.41) is 11.5. The zero-order valence-corrected chi connectivity index (χ0v) is 20.6. The van der Waals surface area contributed by atoms with E-state index < -0.39 is 0 Å². The standard InChI is InChI=1S/C25H25N5O2S2/c1-3-32-23(31)21-14-20(13-18-7-5-4-6-8-18)34-22(21)27-25(33)28-24-26-16-30(29-24)15-19-11-9-17(2)10-12-19/h4-12,14,16H,3,13,15H2,1-2H3,(H2,27,28,29,33). The minimum Gasteiger partial charge on any atom is -0.462 e. The molecule has 174 valence electrons. The van der Waals surface area contributed by atoms with Gasteiger partial charge in [-0.2, -0.15) is 0 Å². The molecule has 0 aliphatic heterocycles. The van der Waals surface area contributed by atoms with Crippen molar-refractivity contribution in [2.75, 3.05) is 17.2 Å². The number of thiophene rings is 1. The Hall–Kier alpha value is -3.56. The van der Waals surface area contributed by atoms with Gasteiger partial charge in [-0.25, -0.2) is 14.5 Å². The maximum atomic E-state index is 12.5. The Morgan fingerprint density at radius 3 is 2.59 bits per heavy atom. The van der Waals surface area contributed by atoms with Crippen LogP contribution >= 0.6 is 23.6 Å². The monoisotopic (exact) mass is 491 g/mol. The second-order valence-corrected chi connectivity index (χ2v) is 9.21. The normalized spacial score (nSPS) is 10.6. The molecule has 2 aromatic carbocycles. The lowest BCUT2D eigenvalue weighted by molar-refractivity contribution is 0.0528. The largest absolute Gasteiger partial charge is 0.462 e. The van der Waals surface area contributed by atoms with Crippen molar-refractivity contribution in [2.24, 2.45) is 0 Å². The molecule has 0 radical (unpaired) electrons. The number of nitrogens with one attached hydrogen (secondary N) is 2. The molecule has 0 aliphatic rings. The van der Waals surface area contributed by atoms with Crippen LogP contribution in [-0.4, -0.2) is 32.5 Å². The van der Waals surface area contributed by atoms with Gasteiger partial charge in [0.05, 0.1) is 18.7 Å². The fourth-order valence-corrected chi connectivity index (χ4v) is 4.67. The second-order valence-electron chi connectivity index (χ2n) is 7.67. The van der Waals surface area contributed by atoms with Gasteiger partial charge in [0, 0.05) is 11.3 Å². The molecule has 0 spiro atoms. The van der Waals surface area contributed by atoms with E-state index in [0.717, 1.165) is 16.0 Å². The molecule has 0 amide bonds. The van der Waals surface area contributed by atoms with E-state index in [1.807, 2.05) is 24.3 Å². The lowest BCUT2D eigenvalue weighted by Gasteiger charge is -2.08. The summed E-state index contributed by atoms with van der Waals surface area (Å²) in [5.41, 5.74) is 3.96. The van der Waals surface area contributed by atoms with Crippen molar-refractivity contribution in [2.45, 2.75) is 26.8 Å². The number of carbonyl (C=O) groups is 1. The highest BCUT2D eigenvalue weighted by Gasteiger charge is 2.19. The smallest absolute Gasteiger partial charge is 0.341 e. The Morgan fingerprint density at radius 2 is 1.85 bits per heavy atom. The van der Waals surface area contributed by atoms with Crippen molar-refractivity contribution >= 4 is 45.6 Å². The summed E-state index contributed by atoms with van der Waals surface area (Å²) in [4.78, 5) is 17.8. The number of hydrogen-bond acceptors (Lipinski definition) is 6. The molecule has 2 aromatic heterocycles. The lowest BCUT2D eigenvalue weighted by Crippen LogP contribution is -2.21. The molecule has 0 unspecified atom stereocenters. The van der Waals surface area contributed by atoms with Gasteiger partial charge in [-0.1, -0.05) is 60.2 Å². The van der Waals surface area contributed by atoms with E-state index in [1.165, 1.54) is 16.9 Å². The molecule has 0 bridgehead atoms. The lowest BCUT2D eigenvalue weighted by atomic mass is 10.1. The number of thiocarbonyl (C=S) groups is 1. The predicted molar refractivity (Wildman–Crippen MR) is 140 cm³/mol. The fraction of sp³-hybridized carbons (Fsp3) is 0.200. The van der Waals surface area contributed by atoms with E-state index in [0.29, 0.717) is 41.2 Å². The third kappa shape index (κ3) is 6.27. The van der Waals surface area contributed by atoms with Crippen LogP contribution in [0, 0.1) is 6.92 Å². The molecular formula is C25H25N5O2S2. The zero-order valence-electron chi connectivity index (χ0n) is 18.9. The number of ether oxygens (including phenoxy) is 1. The summed E-state index contributed by atoms with van der Waals surface area (Å²) in [5.74, 6) is -0.00720. The van der Waals surface area contributed by atoms with Gasteiger partial charge in [0.2, 0.25) is 5.95 Å². The van der Waals surface area contributed by atoms with E-state index in [1.54, 1.807) is 17.9 Å². The third-order valence-electron chi connectivity index (χ3n) is 4.95. The van der Waals surface area contributed by atoms with Crippen LogP contribution in [0.15, 0.2) is 67.0 Å². The van der Waals surface area contributed by atoms with E-state index >= 15 is 0 Å². The first-order chi connectivity index (χ1) is 16.5. The van der Waals surface area contributed by atoms with Crippen molar-refractivity contribution in [3.63, 3.8) is 0 Å². The molecule has 2 N–H and O–H groups in total.